The van der Waals surface area contributed by atoms with Crippen LogP contribution in [-0.2, 0) is 4.74 Å². The molecule has 1 atom stereocenters. The zero-order valence-corrected chi connectivity index (χ0v) is 13.7. The van der Waals surface area contributed by atoms with Crippen molar-refractivity contribution in [2.75, 3.05) is 26.3 Å². The molecule has 1 unspecified atom stereocenters. The Kier molecular flexibility index (Phi) is 5.25. The molecule has 1 aliphatic heterocycles. The van der Waals surface area contributed by atoms with E-state index in [1.807, 2.05) is 0 Å². The van der Waals surface area contributed by atoms with Gasteiger partial charge in [-0.05, 0) is 31.2 Å². The molecule has 0 N–H and O–H groups in total. The van der Waals surface area contributed by atoms with Gasteiger partial charge in [0.05, 0.1) is 18.2 Å². The van der Waals surface area contributed by atoms with Crippen LogP contribution in [0.2, 0.25) is 5.02 Å². The molecule has 5 nitrogen and oxygen atoms in total. The smallest absolute Gasteiger partial charge is 0.246 e. The lowest BCUT2D eigenvalue weighted by Crippen LogP contribution is -2.40. The lowest BCUT2D eigenvalue weighted by Gasteiger charge is -2.33. The van der Waals surface area contributed by atoms with Crippen LogP contribution in [0.1, 0.15) is 31.7 Å². The van der Waals surface area contributed by atoms with E-state index in [-0.39, 0.29) is 11.1 Å². The van der Waals surface area contributed by atoms with Crippen molar-refractivity contribution in [1.82, 2.24) is 15.0 Å². The Morgan fingerprint density at radius 1 is 1.43 bits per heavy atom. The van der Waals surface area contributed by atoms with Crippen molar-refractivity contribution in [3.63, 3.8) is 0 Å². The fourth-order valence-electron chi connectivity index (χ4n) is 2.65. The summed E-state index contributed by atoms with van der Waals surface area (Å²) in [6.07, 6.45) is 2.24. The summed E-state index contributed by atoms with van der Waals surface area (Å²) in [6, 6.07) is 4.08. The van der Waals surface area contributed by atoms with Gasteiger partial charge in [0.25, 0.3) is 0 Å². The van der Waals surface area contributed by atoms with Crippen LogP contribution >= 0.6 is 11.6 Å². The fraction of sp³-hybridized carbons (Fsp3) is 0.500. The van der Waals surface area contributed by atoms with E-state index in [0.717, 1.165) is 25.9 Å². The van der Waals surface area contributed by atoms with Gasteiger partial charge in [-0.25, -0.2) is 4.39 Å². The second kappa shape index (κ2) is 7.38. The van der Waals surface area contributed by atoms with Gasteiger partial charge in [-0.2, -0.15) is 4.98 Å². The van der Waals surface area contributed by atoms with Gasteiger partial charge in [-0.1, -0.05) is 30.1 Å². The third-order valence-electron chi connectivity index (χ3n) is 3.94. The second-order valence-electron chi connectivity index (χ2n) is 5.56. The lowest BCUT2D eigenvalue weighted by molar-refractivity contribution is -0.0203. The van der Waals surface area contributed by atoms with Crippen molar-refractivity contribution < 1.29 is 13.7 Å². The standard InChI is InChI=1S/C16H19ClFN3O2/c1-2-3-6-21-7-8-22-10-14(21)16-19-15(20-23-16)12-5-4-11(18)9-13(12)17/h4-5,9,14H,2-3,6-8,10H2,1H3. The Morgan fingerprint density at radius 2 is 2.30 bits per heavy atom. The minimum Gasteiger partial charge on any atom is -0.378 e. The number of morpholine rings is 1. The SMILES string of the molecule is CCCCN1CCOCC1c1nc(-c2ccc(F)cc2Cl)no1. The second-order valence-corrected chi connectivity index (χ2v) is 5.97. The average Bonchev–Trinajstić information content (AvgIpc) is 3.02. The summed E-state index contributed by atoms with van der Waals surface area (Å²) in [6.45, 7) is 5.23. The number of hydrogen-bond donors (Lipinski definition) is 0. The molecule has 2 aromatic rings. The van der Waals surface area contributed by atoms with E-state index in [4.69, 9.17) is 20.9 Å². The summed E-state index contributed by atoms with van der Waals surface area (Å²) in [4.78, 5) is 6.75. The molecule has 2 heterocycles. The highest BCUT2D eigenvalue weighted by Gasteiger charge is 2.29. The van der Waals surface area contributed by atoms with E-state index in [1.165, 1.54) is 12.1 Å². The maximum atomic E-state index is 13.2. The highest BCUT2D eigenvalue weighted by Crippen LogP contribution is 2.29. The van der Waals surface area contributed by atoms with Gasteiger partial charge in [-0.15, -0.1) is 0 Å². The Bertz CT molecular complexity index is 665. The first-order valence-corrected chi connectivity index (χ1v) is 8.17. The van der Waals surface area contributed by atoms with Crippen molar-refractivity contribution in [3.05, 3.63) is 34.9 Å². The van der Waals surface area contributed by atoms with E-state index >= 15 is 0 Å². The van der Waals surface area contributed by atoms with Crippen LogP contribution < -0.4 is 0 Å². The highest BCUT2D eigenvalue weighted by atomic mass is 35.5. The summed E-state index contributed by atoms with van der Waals surface area (Å²) in [5, 5.41) is 4.26. The number of hydrogen-bond acceptors (Lipinski definition) is 5. The first-order valence-electron chi connectivity index (χ1n) is 7.80. The summed E-state index contributed by atoms with van der Waals surface area (Å²) >= 11 is 6.06. The molecule has 0 spiro atoms. The van der Waals surface area contributed by atoms with Crippen molar-refractivity contribution in [3.8, 4) is 11.4 Å². The highest BCUT2D eigenvalue weighted by molar-refractivity contribution is 6.33. The van der Waals surface area contributed by atoms with Gasteiger partial charge in [0.2, 0.25) is 11.7 Å². The molecule has 1 fully saturated rings. The number of nitrogens with zero attached hydrogens (tertiary/aromatic N) is 3. The van der Waals surface area contributed by atoms with Crippen molar-refractivity contribution in [2.45, 2.75) is 25.8 Å². The first-order chi connectivity index (χ1) is 11.2. The zero-order valence-electron chi connectivity index (χ0n) is 13.0. The molecular formula is C16H19ClFN3O2. The summed E-state index contributed by atoms with van der Waals surface area (Å²) in [5.74, 6) is 0.482. The van der Waals surface area contributed by atoms with E-state index in [2.05, 4.69) is 22.0 Å². The molecule has 1 aromatic heterocycles. The van der Waals surface area contributed by atoms with E-state index < -0.39 is 5.82 Å². The number of benzene rings is 1. The largest absolute Gasteiger partial charge is 0.378 e. The van der Waals surface area contributed by atoms with Crippen LogP contribution in [0.25, 0.3) is 11.4 Å². The molecule has 124 valence electrons. The van der Waals surface area contributed by atoms with E-state index in [0.29, 0.717) is 30.5 Å². The normalized spacial score (nSPS) is 19.2. The molecule has 3 rings (SSSR count). The molecule has 0 saturated carbocycles. The van der Waals surface area contributed by atoms with Gasteiger partial charge in [0, 0.05) is 12.1 Å². The van der Waals surface area contributed by atoms with Crippen LogP contribution in [-0.4, -0.2) is 41.3 Å². The Balaban J connectivity index is 1.82. The fourth-order valence-corrected chi connectivity index (χ4v) is 2.90. The van der Waals surface area contributed by atoms with Crippen molar-refractivity contribution in [2.24, 2.45) is 0 Å². The summed E-state index contributed by atoms with van der Waals surface area (Å²) in [7, 11) is 0. The number of rotatable bonds is 5. The van der Waals surface area contributed by atoms with Gasteiger partial charge in [-0.3, -0.25) is 4.90 Å². The molecule has 0 aliphatic carbocycles. The maximum absolute atomic E-state index is 13.2. The van der Waals surface area contributed by atoms with Crippen LogP contribution in [0, 0.1) is 5.82 Å². The van der Waals surface area contributed by atoms with E-state index in [1.54, 1.807) is 6.07 Å². The number of ether oxygens (including phenoxy) is 1. The Morgan fingerprint density at radius 3 is 3.09 bits per heavy atom. The molecule has 1 saturated heterocycles. The Hall–Kier alpha value is -1.50. The molecule has 0 bridgehead atoms. The van der Waals surface area contributed by atoms with Crippen LogP contribution in [0.15, 0.2) is 22.7 Å². The topological polar surface area (TPSA) is 51.4 Å². The molecule has 0 amide bonds. The van der Waals surface area contributed by atoms with Gasteiger partial charge in [0.15, 0.2) is 0 Å². The molecule has 1 aliphatic rings. The minimum atomic E-state index is -0.395. The zero-order chi connectivity index (χ0) is 16.2. The number of unbranched alkanes of at least 4 members (excludes halogenated alkanes) is 1. The van der Waals surface area contributed by atoms with Gasteiger partial charge in [0.1, 0.15) is 11.9 Å². The third-order valence-corrected chi connectivity index (χ3v) is 4.25. The molecule has 1 aromatic carbocycles. The maximum Gasteiger partial charge on any atom is 0.246 e. The quantitative estimate of drug-likeness (QED) is 0.831. The van der Waals surface area contributed by atoms with Crippen LogP contribution in [0.4, 0.5) is 4.39 Å². The van der Waals surface area contributed by atoms with Crippen LogP contribution in [0.3, 0.4) is 0 Å². The Labute approximate surface area is 139 Å². The van der Waals surface area contributed by atoms with Crippen molar-refractivity contribution in [1.29, 1.82) is 0 Å². The molecule has 7 heteroatoms. The molecule has 0 radical (unpaired) electrons. The third kappa shape index (κ3) is 3.71. The minimum absolute atomic E-state index is 0.0456. The molecule has 23 heavy (non-hydrogen) atoms. The van der Waals surface area contributed by atoms with Crippen LogP contribution in [0.5, 0.6) is 0 Å². The summed E-state index contributed by atoms with van der Waals surface area (Å²) in [5.41, 5.74) is 0.555. The average molecular weight is 340 g/mol. The van der Waals surface area contributed by atoms with Gasteiger partial charge < -0.3 is 9.26 Å². The van der Waals surface area contributed by atoms with Gasteiger partial charge >= 0.3 is 0 Å². The number of halogens is 2. The first kappa shape index (κ1) is 16.4. The summed E-state index contributed by atoms with van der Waals surface area (Å²) < 4.78 is 24.1. The number of aromatic nitrogens is 2. The predicted octanol–water partition coefficient (Wildman–Crippen LogP) is 3.70. The predicted molar refractivity (Wildman–Crippen MR) is 84.7 cm³/mol. The monoisotopic (exact) mass is 339 g/mol. The lowest BCUT2D eigenvalue weighted by atomic mass is 10.2. The van der Waals surface area contributed by atoms with E-state index in [9.17, 15) is 4.39 Å². The van der Waals surface area contributed by atoms with Crippen molar-refractivity contribution >= 4 is 11.6 Å². The molecular weight excluding hydrogens is 321 g/mol.